The van der Waals surface area contributed by atoms with Crippen LogP contribution in [0.5, 0.6) is 0 Å². The number of hydrogen-bond donors (Lipinski definition) is 0. The van der Waals surface area contributed by atoms with Crippen LogP contribution in [-0.2, 0) is 28.6 Å². The maximum atomic E-state index is 12.9. The second-order valence-corrected chi connectivity index (χ2v) is 15.1. The Morgan fingerprint density at radius 1 is 0.638 bits per heavy atom. The molecule has 0 saturated heterocycles. The number of hydrogen-bond acceptors (Lipinski definition) is 7. The van der Waals surface area contributed by atoms with Gasteiger partial charge in [-0.1, -0.05) is 63.3 Å². The van der Waals surface area contributed by atoms with Gasteiger partial charge in [-0.2, -0.15) is 0 Å². The summed E-state index contributed by atoms with van der Waals surface area (Å²) in [6.07, 6.45) is 30.1. The highest BCUT2D eigenvalue weighted by atomic mass is 16.6. The molecule has 268 valence electrons. The summed E-state index contributed by atoms with van der Waals surface area (Å²) in [5.74, 6) is 2.52. The predicted molar refractivity (Wildman–Crippen MR) is 189 cm³/mol. The van der Waals surface area contributed by atoms with Crippen LogP contribution in [0.25, 0.3) is 0 Å². The van der Waals surface area contributed by atoms with Crippen molar-refractivity contribution in [3.05, 3.63) is 24.3 Å². The summed E-state index contributed by atoms with van der Waals surface area (Å²) >= 11 is 0. The van der Waals surface area contributed by atoms with Crippen molar-refractivity contribution in [3.63, 3.8) is 0 Å². The molecule has 0 aromatic carbocycles. The molecule has 0 heterocycles. The first-order valence-electron chi connectivity index (χ1n) is 19.3. The SMILES string of the molecule is CCCCC/C=C\C/C=C\CCCCCCCC(=O)OCC(COC(=O)CCCN(C)C)COC(=O)CC1C2CC3CC(C2)CC1C3. The van der Waals surface area contributed by atoms with E-state index < -0.39 is 0 Å². The lowest BCUT2D eigenvalue weighted by molar-refractivity contribution is -0.155. The number of carbonyl (C=O) groups is 3. The van der Waals surface area contributed by atoms with E-state index in [4.69, 9.17) is 14.2 Å². The Morgan fingerprint density at radius 3 is 1.72 bits per heavy atom. The Hall–Kier alpha value is -2.15. The number of unbranched alkanes of at least 4 members (excludes halogenated alkanes) is 8. The first-order valence-corrected chi connectivity index (χ1v) is 19.3. The minimum Gasteiger partial charge on any atom is -0.465 e. The minimum atomic E-state index is -0.358. The van der Waals surface area contributed by atoms with E-state index in [0.717, 1.165) is 56.9 Å². The highest BCUT2D eigenvalue weighted by molar-refractivity contribution is 5.70. The molecule has 0 radical (unpaired) electrons. The summed E-state index contributed by atoms with van der Waals surface area (Å²) in [5.41, 5.74) is 0. The van der Waals surface area contributed by atoms with Gasteiger partial charge in [0.15, 0.2) is 0 Å². The lowest BCUT2D eigenvalue weighted by Gasteiger charge is -2.54. The van der Waals surface area contributed by atoms with Crippen molar-refractivity contribution >= 4 is 17.9 Å². The predicted octanol–water partition coefficient (Wildman–Crippen LogP) is 8.85. The molecule has 0 aromatic rings. The van der Waals surface area contributed by atoms with Gasteiger partial charge in [-0.3, -0.25) is 14.4 Å². The average molecular weight is 658 g/mol. The molecule has 4 aliphatic carbocycles. The van der Waals surface area contributed by atoms with Gasteiger partial charge in [0.25, 0.3) is 0 Å². The zero-order valence-electron chi connectivity index (χ0n) is 30.1. The number of allylic oxidation sites excluding steroid dienone is 4. The Morgan fingerprint density at radius 2 is 1.15 bits per heavy atom. The van der Waals surface area contributed by atoms with Gasteiger partial charge in [-0.15, -0.1) is 0 Å². The third-order valence-corrected chi connectivity index (χ3v) is 10.6. The highest BCUT2D eigenvalue weighted by Gasteiger charge is 2.48. The van der Waals surface area contributed by atoms with Crippen LogP contribution in [-0.4, -0.2) is 63.3 Å². The second kappa shape index (κ2) is 23.2. The van der Waals surface area contributed by atoms with E-state index in [2.05, 4.69) is 31.2 Å². The van der Waals surface area contributed by atoms with Crippen LogP contribution >= 0.6 is 0 Å². The normalized spacial score (nSPS) is 24.0. The molecule has 0 amide bonds. The van der Waals surface area contributed by atoms with E-state index in [1.54, 1.807) is 0 Å². The average Bonchev–Trinajstić information content (AvgIpc) is 3.03. The Kier molecular flexibility index (Phi) is 19.4. The molecule has 1 unspecified atom stereocenters. The molecular weight excluding hydrogens is 590 g/mol. The monoisotopic (exact) mass is 657 g/mol. The fourth-order valence-corrected chi connectivity index (χ4v) is 8.16. The molecule has 4 saturated carbocycles. The van der Waals surface area contributed by atoms with Crippen molar-refractivity contribution in [2.75, 3.05) is 40.5 Å². The van der Waals surface area contributed by atoms with Gasteiger partial charge in [0.1, 0.15) is 19.8 Å². The molecule has 4 bridgehead atoms. The second-order valence-electron chi connectivity index (χ2n) is 15.1. The van der Waals surface area contributed by atoms with Crippen LogP contribution in [0.1, 0.15) is 135 Å². The van der Waals surface area contributed by atoms with Crippen LogP contribution in [0.3, 0.4) is 0 Å². The molecule has 4 rings (SSSR count). The molecule has 0 aromatic heterocycles. The van der Waals surface area contributed by atoms with Crippen molar-refractivity contribution in [2.45, 2.75) is 135 Å². The van der Waals surface area contributed by atoms with Gasteiger partial charge in [-0.05, 0) is 127 Å². The smallest absolute Gasteiger partial charge is 0.306 e. The van der Waals surface area contributed by atoms with Crippen molar-refractivity contribution in [2.24, 2.45) is 35.5 Å². The van der Waals surface area contributed by atoms with Gasteiger partial charge in [-0.25, -0.2) is 0 Å². The summed E-state index contributed by atoms with van der Waals surface area (Å²) in [6.45, 7) is 3.33. The van der Waals surface area contributed by atoms with Crippen LogP contribution in [0, 0.1) is 35.5 Å². The fraction of sp³-hybridized carbons (Fsp3) is 0.825. The van der Waals surface area contributed by atoms with Gasteiger partial charge in [0.05, 0.1) is 5.92 Å². The molecule has 47 heavy (non-hydrogen) atoms. The molecule has 7 nitrogen and oxygen atoms in total. The molecule has 0 spiro atoms. The summed E-state index contributed by atoms with van der Waals surface area (Å²) in [6, 6.07) is 0. The Labute approximate surface area is 286 Å². The number of carbonyl (C=O) groups excluding carboxylic acids is 3. The molecule has 0 aliphatic heterocycles. The maximum Gasteiger partial charge on any atom is 0.306 e. The molecular formula is C40H67NO6. The molecule has 1 atom stereocenters. The van der Waals surface area contributed by atoms with Crippen LogP contribution in [0.15, 0.2) is 24.3 Å². The first-order chi connectivity index (χ1) is 22.8. The lowest BCUT2D eigenvalue weighted by Crippen LogP contribution is -2.45. The van der Waals surface area contributed by atoms with Crippen LogP contribution in [0.4, 0.5) is 0 Å². The number of rotatable bonds is 26. The van der Waals surface area contributed by atoms with E-state index in [9.17, 15) is 14.4 Å². The third kappa shape index (κ3) is 16.7. The Bertz CT molecular complexity index is 930. The van der Waals surface area contributed by atoms with Crippen LogP contribution < -0.4 is 0 Å². The van der Waals surface area contributed by atoms with E-state index in [1.807, 2.05) is 19.0 Å². The van der Waals surface area contributed by atoms with Crippen molar-refractivity contribution in [1.82, 2.24) is 4.90 Å². The number of esters is 3. The zero-order chi connectivity index (χ0) is 33.7. The summed E-state index contributed by atoms with van der Waals surface area (Å²) < 4.78 is 16.8. The summed E-state index contributed by atoms with van der Waals surface area (Å²) in [7, 11) is 3.95. The maximum absolute atomic E-state index is 12.9. The molecule has 4 aliphatic rings. The summed E-state index contributed by atoms with van der Waals surface area (Å²) in [5, 5.41) is 0. The van der Waals surface area contributed by atoms with Gasteiger partial charge < -0.3 is 19.1 Å². The van der Waals surface area contributed by atoms with E-state index in [0.29, 0.717) is 37.0 Å². The van der Waals surface area contributed by atoms with Crippen molar-refractivity contribution < 1.29 is 28.6 Å². The minimum absolute atomic E-state index is 0.0864. The van der Waals surface area contributed by atoms with E-state index in [-0.39, 0.29) is 43.6 Å². The van der Waals surface area contributed by atoms with E-state index in [1.165, 1.54) is 70.6 Å². The first kappa shape index (κ1) is 39.3. The number of ether oxygens (including phenoxy) is 3. The van der Waals surface area contributed by atoms with Gasteiger partial charge >= 0.3 is 17.9 Å². The molecule has 0 N–H and O–H groups in total. The molecule has 4 fully saturated rings. The third-order valence-electron chi connectivity index (χ3n) is 10.6. The Balaban J connectivity index is 1.29. The van der Waals surface area contributed by atoms with E-state index >= 15 is 0 Å². The van der Waals surface area contributed by atoms with Gasteiger partial charge in [0, 0.05) is 19.3 Å². The zero-order valence-corrected chi connectivity index (χ0v) is 30.1. The molecule has 7 heteroatoms. The largest absolute Gasteiger partial charge is 0.465 e. The lowest BCUT2D eigenvalue weighted by atomic mass is 9.51. The topological polar surface area (TPSA) is 82.1 Å². The summed E-state index contributed by atoms with van der Waals surface area (Å²) in [4.78, 5) is 39.8. The standard InChI is InChI=1S/C40H67NO6/c1-4-5-6-7-8-9-10-11-12-13-14-15-16-17-18-20-38(42)45-29-34(30-46-39(43)21-19-22-41(2)3)31-47-40(44)28-37-35-24-32-23-33(26-35)27-36(37)25-32/h8-9,11-12,32-37H,4-7,10,13-31H2,1-3H3/b9-8-,12-11-. The number of nitrogens with zero attached hydrogens (tertiary/aromatic N) is 1. The highest BCUT2D eigenvalue weighted by Crippen LogP contribution is 2.57. The van der Waals surface area contributed by atoms with Gasteiger partial charge in [0.2, 0.25) is 0 Å². The van der Waals surface area contributed by atoms with Crippen molar-refractivity contribution in [3.8, 4) is 0 Å². The quantitative estimate of drug-likeness (QED) is 0.0398. The fourth-order valence-electron chi connectivity index (χ4n) is 8.16. The van der Waals surface area contributed by atoms with Crippen LogP contribution in [0.2, 0.25) is 0 Å². The van der Waals surface area contributed by atoms with Crippen molar-refractivity contribution in [1.29, 1.82) is 0 Å².